The van der Waals surface area contributed by atoms with Gasteiger partial charge >= 0.3 is 0 Å². The Balaban J connectivity index is 0.000000637. The fourth-order valence-electron chi connectivity index (χ4n) is 7.63. The van der Waals surface area contributed by atoms with Crippen LogP contribution in [0.15, 0.2) is 30.5 Å². The summed E-state index contributed by atoms with van der Waals surface area (Å²) in [5.41, 5.74) is 2.78. The summed E-state index contributed by atoms with van der Waals surface area (Å²) in [7, 11) is -1.65. The van der Waals surface area contributed by atoms with E-state index in [-0.39, 0.29) is 23.8 Å². The van der Waals surface area contributed by atoms with Crippen molar-refractivity contribution in [3.8, 4) is 0 Å². The van der Waals surface area contributed by atoms with Crippen LogP contribution in [0.5, 0.6) is 0 Å². The van der Waals surface area contributed by atoms with Crippen LogP contribution in [0, 0.1) is 11.8 Å². The number of rotatable bonds is 3. The molecule has 5 aliphatic rings. The molecular formula is C30H39N5O8S. The normalized spacial score (nSPS) is 33.0. The molecule has 5 heterocycles. The molecule has 0 bridgehead atoms. The second kappa shape index (κ2) is 10.4. The predicted octanol–water partition coefficient (Wildman–Crippen LogP) is 0.908. The van der Waals surface area contributed by atoms with Crippen molar-refractivity contribution in [2.24, 2.45) is 11.8 Å². The molecule has 6 atom stereocenters. The minimum absolute atomic E-state index is 0.156. The quantitative estimate of drug-likeness (QED) is 0.360. The lowest BCUT2D eigenvalue weighted by Gasteiger charge is -2.49. The number of carbonyl (C=O) groups excluding carboxylic acids is 3. The van der Waals surface area contributed by atoms with E-state index < -0.39 is 45.7 Å². The zero-order chi connectivity index (χ0) is 31.9. The molecule has 13 nitrogen and oxygen atoms in total. The van der Waals surface area contributed by atoms with Crippen molar-refractivity contribution in [2.75, 3.05) is 26.4 Å². The maximum atomic E-state index is 13.9. The highest BCUT2D eigenvalue weighted by molar-refractivity contribution is 7.85. The standard InChI is InChI=1S/C29H35N5O5.CH4O3S/c1-15(2)24-26(36)33-10-6-9-22(33)29(38)34(24)27(37)28(3,39-29)31-25(35)17-11-19-18-7-5-8-20-23(18)16(13-30-20)12-21(19)32(4)14-17;1-5(2,3)4/h5,7-8,11,13,15,17,21-22,24,30,38H,6,9-10,12,14H2,1-4H3,(H,31,35);1H3,(H,2,3,4)/t17-,21-,22+,24+,28-,29+;/m1./s1. The second-order valence-corrected chi connectivity index (χ2v) is 14.5. The van der Waals surface area contributed by atoms with E-state index in [2.05, 4.69) is 33.5 Å². The topological polar surface area (TPSA) is 173 Å². The average Bonchev–Trinajstić information content (AvgIpc) is 3.63. The van der Waals surface area contributed by atoms with Gasteiger partial charge in [-0.25, -0.2) is 0 Å². The van der Waals surface area contributed by atoms with Gasteiger partial charge in [-0.1, -0.05) is 32.1 Å². The molecule has 0 radical (unpaired) electrons. The van der Waals surface area contributed by atoms with Gasteiger partial charge in [0, 0.05) is 36.2 Å². The first kappa shape index (κ1) is 30.7. The average molecular weight is 630 g/mol. The van der Waals surface area contributed by atoms with Gasteiger partial charge in [0.05, 0.1) is 12.2 Å². The van der Waals surface area contributed by atoms with E-state index in [1.807, 2.05) is 33.0 Å². The minimum atomic E-state index is -3.67. The zero-order valence-electron chi connectivity index (χ0n) is 25.4. The number of carbonyl (C=O) groups is 3. The number of ether oxygens (including phenoxy) is 1. The molecule has 1 aromatic carbocycles. The number of aromatic amines is 1. The summed E-state index contributed by atoms with van der Waals surface area (Å²) in [6.45, 7) is 6.18. The lowest BCUT2D eigenvalue weighted by atomic mass is 9.79. The minimum Gasteiger partial charge on any atom is -0.361 e. The molecule has 0 spiro atoms. The van der Waals surface area contributed by atoms with Crippen LogP contribution < -0.4 is 5.32 Å². The number of hydrogen-bond donors (Lipinski definition) is 4. The highest BCUT2D eigenvalue weighted by atomic mass is 32.2. The summed E-state index contributed by atoms with van der Waals surface area (Å²) in [5.74, 6) is -3.87. The van der Waals surface area contributed by atoms with E-state index >= 15 is 0 Å². The van der Waals surface area contributed by atoms with E-state index in [1.54, 1.807) is 4.90 Å². The highest BCUT2D eigenvalue weighted by Crippen LogP contribution is 2.47. The van der Waals surface area contributed by atoms with Crippen molar-refractivity contribution in [1.29, 1.82) is 0 Å². The lowest BCUT2D eigenvalue weighted by molar-refractivity contribution is -0.317. The second-order valence-electron chi connectivity index (χ2n) is 13.0. The molecule has 0 unspecified atom stereocenters. The van der Waals surface area contributed by atoms with Crippen molar-refractivity contribution >= 4 is 44.3 Å². The summed E-state index contributed by atoms with van der Waals surface area (Å²) < 4.78 is 32.0. The van der Waals surface area contributed by atoms with Gasteiger partial charge < -0.3 is 20.3 Å². The number of nitrogens with zero attached hydrogens (tertiary/aromatic N) is 3. The summed E-state index contributed by atoms with van der Waals surface area (Å²) in [5, 5.41) is 15.9. The third-order valence-corrected chi connectivity index (χ3v) is 9.43. The highest BCUT2D eigenvalue weighted by Gasteiger charge is 2.70. The van der Waals surface area contributed by atoms with Gasteiger partial charge in [-0.2, -0.15) is 8.42 Å². The van der Waals surface area contributed by atoms with Gasteiger partial charge in [0.2, 0.25) is 17.5 Å². The Labute approximate surface area is 255 Å². The maximum Gasteiger partial charge on any atom is 0.280 e. The van der Waals surface area contributed by atoms with Crippen LogP contribution in [0.3, 0.4) is 0 Å². The van der Waals surface area contributed by atoms with Gasteiger partial charge in [0.25, 0.3) is 21.9 Å². The SMILES string of the molecule is CC(C)[C@H]1C(=O)N2CCC[C@H]2[C@]2(O)O[C@@](C)(NC(=O)[C@@H]3C=C4c5cccc6[nH]cc(c56)C[C@H]4N(C)C3)C(=O)N12.CS(=O)(=O)O. The Morgan fingerprint density at radius 3 is 2.64 bits per heavy atom. The molecule has 3 saturated heterocycles. The van der Waals surface area contributed by atoms with Crippen LogP contribution in [-0.2, 0) is 35.7 Å². The molecule has 4 aliphatic heterocycles. The van der Waals surface area contributed by atoms with Gasteiger partial charge in [0.1, 0.15) is 12.1 Å². The van der Waals surface area contributed by atoms with Crippen molar-refractivity contribution in [1.82, 2.24) is 25.0 Å². The number of H-pyrrole nitrogens is 1. The van der Waals surface area contributed by atoms with Crippen LogP contribution in [0.2, 0.25) is 0 Å². The molecule has 2 aromatic rings. The maximum absolute atomic E-state index is 13.9. The van der Waals surface area contributed by atoms with E-state index in [1.165, 1.54) is 22.8 Å². The molecule has 238 valence electrons. The van der Waals surface area contributed by atoms with Crippen molar-refractivity contribution in [3.05, 3.63) is 41.6 Å². The Morgan fingerprint density at radius 1 is 1.25 bits per heavy atom. The molecule has 0 saturated carbocycles. The van der Waals surface area contributed by atoms with Gasteiger partial charge in [-0.15, -0.1) is 0 Å². The Bertz CT molecular complexity index is 1680. The number of amides is 3. The number of benzene rings is 1. The number of piperazine rings is 1. The largest absolute Gasteiger partial charge is 0.361 e. The first-order chi connectivity index (χ1) is 20.5. The number of fused-ring (bicyclic) bond motifs is 5. The Hall–Kier alpha value is -3.30. The van der Waals surface area contributed by atoms with Crippen LogP contribution in [0.25, 0.3) is 16.5 Å². The van der Waals surface area contributed by atoms with E-state index in [4.69, 9.17) is 9.29 Å². The molecular weight excluding hydrogens is 590 g/mol. The van der Waals surface area contributed by atoms with Crippen LogP contribution in [-0.4, -0.2) is 112 Å². The molecule has 1 aromatic heterocycles. The Morgan fingerprint density at radius 2 is 1.95 bits per heavy atom. The summed E-state index contributed by atoms with van der Waals surface area (Å²) >= 11 is 0. The third kappa shape index (κ3) is 4.83. The smallest absolute Gasteiger partial charge is 0.280 e. The number of aromatic nitrogens is 1. The van der Waals surface area contributed by atoms with Crippen LogP contribution in [0.4, 0.5) is 0 Å². The molecule has 44 heavy (non-hydrogen) atoms. The van der Waals surface area contributed by atoms with E-state index in [9.17, 15) is 27.9 Å². The monoisotopic (exact) mass is 629 g/mol. The van der Waals surface area contributed by atoms with Gasteiger partial charge in [0.15, 0.2) is 0 Å². The number of hydrogen-bond acceptors (Lipinski definition) is 8. The lowest BCUT2D eigenvalue weighted by Crippen LogP contribution is -2.72. The third-order valence-electron chi connectivity index (χ3n) is 9.43. The van der Waals surface area contributed by atoms with Gasteiger partial charge in [-0.3, -0.25) is 33.5 Å². The first-order valence-electron chi connectivity index (χ1n) is 14.9. The van der Waals surface area contributed by atoms with Crippen molar-refractivity contribution < 1.29 is 37.2 Å². The van der Waals surface area contributed by atoms with Crippen LogP contribution in [0.1, 0.15) is 44.7 Å². The molecule has 4 N–H and O–H groups in total. The number of nitrogens with one attached hydrogen (secondary N) is 2. The Kier molecular flexibility index (Phi) is 7.24. The molecule has 14 heteroatoms. The van der Waals surface area contributed by atoms with Crippen LogP contribution >= 0.6 is 0 Å². The first-order valence-corrected chi connectivity index (χ1v) is 16.7. The van der Waals surface area contributed by atoms with Gasteiger partial charge in [-0.05, 0) is 61.9 Å². The fourth-order valence-corrected chi connectivity index (χ4v) is 7.63. The number of likely N-dealkylation sites (N-methyl/N-ethyl adjacent to an activating group) is 1. The van der Waals surface area contributed by atoms with Crippen molar-refractivity contribution in [2.45, 2.75) is 69.8 Å². The fraction of sp³-hybridized carbons (Fsp3) is 0.567. The van der Waals surface area contributed by atoms with E-state index in [0.717, 1.165) is 29.5 Å². The molecule has 3 fully saturated rings. The van der Waals surface area contributed by atoms with E-state index in [0.29, 0.717) is 25.8 Å². The summed E-state index contributed by atoms with van der Waals surface area (Å²) in [6.07, 6.45) is 6.91. The zero-order valence-corrected chi connectivity index (χ0v) is 26.2. The number of aliphatic hydroxyl groups is 1. The molecule has 3 amide bonds. The summed E-state index contributed by atoms with van der Waals surface area (Å²) in [6, 6.07) is 4.81. The predicted molar refractivity (Wildman–Crippen MR) is 160 cm³/mol. The summed E-state index contributed by atoms with van der Waals surface area (Å²) in [4.78, 5) is 49.4. The molecule has 7 rings (SSSR count). The molecule has 1 aliphatic carbocycles. The van der Waals surface area contributed by atoms with Crippen molar-refractivity contribution in [3.63, 3.8) is 0 Å².